The van der Waals surface area contributed by atoms with Crippen molar-refractivity contribution in [1.29, 1.82) is 0 Å². The molecule has 1 heterocycles. The molecule has 1 aliphatic heterocycles. The molecule has 0 saturated carbocycles. The Bertz CT molecular complexity index is 535. The normalized spacial score (nSPS) is 14.4. The predicted octanol–water partition coefficient (Wildman–Crippen LogP) is 2.96. The molecule has 0 atom stereocenters. The van der Waals surface area contributed by atoms with Crippen molar-refractivity contribution in [2.75, 3.05) is 13.6 Å². The van der Waals surface area contributed by atoms with Gasteiger partial charge >= 0.3 is 0 Å². The minimum Gasteiger partial charge on any atom is -0.319 e. The zero-order chi connectivity index (χ0) is 13.8. The number of nitrogens with zero attached hydrogens (tertiary/aromatic N) is 1. The lowest BCUT2D eigenvalue weighted by atomic mass is 10.1. The van der Waals surface area contributed by atoms with E-state index in [4.69, 9.17) is 0 Å². The highest BCUT2D eigenvalue weighted by Gasteiger charge is 2.17. The molecule has 0 aliphatic carbocycles. The summed E-state index contributed by atoms with van der Waals surface area (Å²) >= 11 is 0. The number of rotatable bonds is 5. The molecule has 3 rings (SSSR count). The zero-order valence-electron chi connectivity index (χ0n) is 12.1. The van der Waals surface area contributed by atoms with Crippen molar-refractivity contribution in [2.24, 2.45) is 0 Å². The van der Waals surface area contributed by atoms with Gasteiger partial charge in [0.15, 0.2) is 0 Å². The van der Waals surface area contributed by atoms with Gasteiger partial charge in [-0.25, -0.2) is 0 Å². The van der Waals surface area contributed by atoms with Gasteiger partial charge in [0.25, 0.3) is 0 Å². The van der Waals surface area contributed by atoms with Gasteiger partial charge < -0.3 is 5.32 Å². The van der Waals surface area contributed by atoms with Crippen molar-refractivity contribution in [3.63, 3.8) is 0 Å². The maximum absolute atomic E-state index is 3.19. The Labute approximate surface area is 121 Å². The van der Waals surface area contributed by atoms with Crippen LogP contribution in [0.2, 0.25) is 0 Å². The summed E-state index contributed by atoms with van der Waals surface area (Å²) in [7, 11) is 2.00. The van der Waals surface area contributed by atoms with E-state index in [1.165, 1.54) is 22.3 Å². The molecule has 104 valence electrons. The van der Waals surface area contributed by atoms with Crippen molar-refractivity contribution in [2.45, 2.75) is 26.1 Å². The molecule has 0 spiro atoms. The first kappa shape index (κ1) is 13.3. The zero-order valence-corrected chi connectivity index (χ0v) is 12.1. The quantitative estimate of drug-likeness (QED) is 0.895. The van der Waals surface area contributed by atoms with Gasteiger partial charge in [-0.3, -0.25) is 4.90 Å². The summed E-state index contributed by atoms with van der Waals surface area (Å²) in [5.74, 6) is 0. The fraction of sp³-hybridized carbons (Fsp3) is 0.333. The number of fused-ring (bicyclic) bond motifs is 1. The van der Waals surface area contributed by atoms with Gasteiger partial charge in [0, 0.05) is 19.6 Å². The van der Waals surface area contributed by atoms with E-state index in [1.807, 2.05) is 7.05 Å². The van der Waals surface area contributed by atoms with Gasteiger partial charge in [-0.2, -0.15) is 0 Å². The Balaban J connectivity index is 1.59. The van der Waals surface area contributed by atoms with Crippen LogP contribution in [0.5, 0.6) is 0 Å². The van der Waals surface area contributed by atoms with Crippen LogP contribution in [0.1, 0.15) is 22.3 Å². The molecule has 2 aromatic rings. The van der Waals surface area contributed by atoms with Crippen LogP contribution in [0.15, 0.2) is 48.5 Å². The topological polar surface area (TPSA) is 15.3 Å². The molecule has 0 fully saturated rings. The lowest BCUT2D eigenvalue weighted by molar-refractivity contribution is 0.275. The molecule has 1 aliphatic rings. The highest BCUT2D eigenvalue weighted by atomic mass is 15.1. The van der Waals surface area contributed by atoms with E-state index in [2.05, 4.69) is 58.7 Å². The molecule has 0 aromatic heterocycles. The molecular formula is C18H22N2. The van der Waals surface area contributed by atoms with E-state index >= 15 is 0 Å². The monoisotopic (exact) mass is 266 g/mol. The van der Waals surface area contributed by atoms with Crippen molar-refractivity contribution in [3.8, 4) is 0 Å². The van der Waals surface area contributed by atoms with Crippen molar-refractivity contribution in [1.82, 2.24) is 10.2 Å². The van der Waals surface area contributed by atoms with E-state index in [9.17, 15) is 0 Å². The summed E-state index contributed by atoms with van der Waals surface area (Å²) in [6.45, 7) is 4.25. The summed E-state index contributed by atoms with van der Waals surface area (Å²) in [5.41, 5.74) is 5.79. The second-order valence-electron chi connectivity index (χ2n) is 5.58. The molecule has 0 saturated heterocycles. The van der Waals surface area contributed by atoms with Gasteiger partial charge in [0.2, 0.25) is 0 Å². The molecule has 20 heavy (non-hydrogen) atoms. The van der Waals surface area contributed by atoms with Gasteiger partial charge in [0.1, 0.15) is 0 Å². The number of benzene rings is 2. The lowest BCUT2D eigenvalue weighted by Gasteiger charge is -2.15. The van der Waals surface area contributed by atoms with E-state index in [1.54, 1.807) is 0 Å². The Hall–Kier alpha value is -1.64. The number of likely N-dealkylation sites (N-methyl/N-ethyl adjacent to an activating group) is 1. The number of hydrogen-bond donors (Lipinski definition) is 1. The minimum absolute atomic E-state index is 1.04. The highest BCUT2D eigenvalue weighted by molar-refractivity contribution is 5.31. The van der Waals surface area contributed by atoms with E-state index in [0.717, 1.165) is 32.6 Å². The molecule has 2 heteroatoms. The summed E-state index contributed by atoms with van der Waals surface area (Å²) in [4.78, 5) is 2.51. The molecule has 0 amide bonds. The standard InChI is InChI=1S/C18H22N2/c1-19-11-10-15-6-8-16(9-7-15)12-20-13-17-4-2-3-5-18(17)14-20/h2-9,19H,10-14H2,1H3. The van der Waals surface area contributed by atoms with Crippen LogP contribution in [0.3, 0.4) is 0 Å². The molecule has 0 radical (unpaired) electrons. The lowest BCUT2D eigenvalue weighted by Crippen LogP contribution is -2.15. The van der Waals surface area contributed by atoms with E-state index < -0.39 is 0 Å². The third kappa shape index (κ3) is 3.09. The van der Waals surface area contributed by atoms with Gasteiger partial charge in [-0.1, -0.05) is 48.5 Å². The molecule has 2 nitrogen and oxygen atoms in total. The van der Waals surface area contributed by atoms with E-state index in [-0.39, 0.29) is 0 Å². The Morgan fingerprint density at radius 3 is 2.10 bits per heavy atom. The van der Waals surface area contributed by atoms with Crippen LogP contribution in [0.25, 0.3) is 0 Å². The van der Waals surface area contributed by atoms with Crippen molar-refractivity contribution >= 4 is 0 Å². The average molecular weight is 266 g/mol. The number of nitrogens with one attached hydrogen (secondary N) is 1. The largest absolute Gasteiger partial charge is 0.319 e. The maximum atomic E-state index is 3.19. The first-order valence-corrected chi connectivity index (χ1v) is 7.37. The molecular weight excluding hydrogens is 244 g/mol. The van der Waals surface area contributed by atoms with Crippen molar-refractivity contribution < 1.29 is 0 Å². The second kappa shape index (κ2) is 6.21. The van der Waals surface area contributed by atoms with Crippen molar-refractivity contribution in [3.05, 3.63) is 70.8 Å². The van der Waals surface area contributed by atoms with Crippen LogP contribution < -0.4 is 5.32 Å². The average Bonchev–Trinajstić information content (AvgIpc) is 2.89. The summed E-state index contributed by atoms with van der Waals surface area (Å²) in [6.07, 6.45) is 1.10. The Morgan fingerprint density at radius 1 is 0.900 bits per heavy atom. The molecule has 0 bridgehead atoms. The van der Waals surface area contributed by atoms with Gasteiger partial charge in [-0.05, 0) is 42.3 Å². The second-order valence-corrected chi connectivity index (χ2v) is 5.58. The highest BCUT2D eigenvalue weighted by Crippen LogP contribution is 2.23. The third-order valence-corrected chi connectivity index (χ3v) is 4.00. The van der Waals surface area contributed by atoms with Gasteiger partial charge in [-0.15, -0.1) is 0 Å². The summed E-state index contributed by atoms with van der Waals surface area (Å²) in [5, 5.41) is 3.19. The summed E-state index contributed by atoms with van der Waals surface area (Å²) < 4.78 is 0. The predicted molar refractivity (Wildman–Crippen MR) is 83.5 cm³/mol. The van der Waals surface area contributed by atoms with Crippen LogP contribution in [-0.2, 0) is 26.1 Å². The fourth-order valence-electron chi connectivity index (χ4n) is 2.85. The molecule has 2 aromatic carbocycles. The third-order valence-electron chi connectivity index (χ3n) is 4.00. The number of hydrogen-bond acceptors (Lipinski definition) is 2. The van der Waals surface area contributed by atoms with E-state index in [0.29, 0.717) is 0 Å². The SMILES string of the molecule is CNCCc1ccc(CN2Cc3ccccc3C2)cc1. The molecule has 0 unspecified atom stereocenters. The first-order chi connectivity index (χ1) is 9.85. The van der Waals surface area contributed by atoms with Crippen LogP contribution in [-0.4, -0.2) is 18.5 Å². The maximum Gasteiger partial charge on any atom is 0.0244 e. The Morgan fingerprint density at radius 2 is 1.50 bits per heavy atom. The van der Waals surface area contributed by atoms with Crippen LogP contribution in [0, 0.1) is 0 Å². The van der Waals surface area contributed by atoms with Gasteiger partial charge in [0.05, 0.1) is 0 Å². The first-order valence-electron chi connectivity index (χ1n) is 7.37. The Kier molecular flexibility index (Phi) is 4.14. The van der Waals surface area contributed by atoms with Crippen LogP contribution >= 0.6 is 0 Å². The molecule has 1 N–H and O–H groups in total. The van der Waals surface area contributed by atoms with Crippen LogP contribution in [0.4, 0.5) is 0 Å². The minimum atomic E-state index is 1.04. The summed E-state index contributed by atoms with van der Waals surface area (Å²) in [6, 6.07) is 17.8. The smallest absolute Gasteiger partial charge is 0.0244 e. The fourth-order valence-corrected chi connectivity index (χ4v) is 2.85.